The maximum atomic E-state index is 12.5. The van der Waals surface area contributed by atoms with Gasteiger partial charge in [0.1, 0.15) is 6.54 Å². The van der Waals surface area contributed by atoms with Crippen LogP contribution in [0.4, 0.5) is 16.3 Å². The smallest absolute Gasteiger partial charge is 0.412 e. The molecule has 9 heteroatoms. The number of ether oxygens (including phenoxy) is 1. The van der Waals surface area contributed by atoms with Crippen molar-refractivity contribution in [2.24, 2.45) is 0 Å². The predicted molar refractivity (Wildman–Crippen MR) is 87.6 cm³/mol. The number of rotatable bonds is 4. The Bertz CT molecular complexity index is 898. The Morgan fingerprint density at radius 2 is 2.17 bits per heavy atom. The predicted octanol–water partition coefficient (Wildman–Crippen LogP) is 1.72. The third kappa shape index (κ3) is 3.05. The van der Waals surface area contributed by atoms with Crippen molar-refractivity contribution < 1.29 is 14.3 Å². The summed E-state index contributed by atoms with van der Waals surface area (Å²) in [6.07, 6.45) is 2.37. The lowest BCUT2D eigenvalue weighted by Gasteiger charge is -2.05. The monoisotopic (exact) mass is 328 g/mol. The molecular weight excluding hydrogens is 312 g/mol. The van der Waals surface area contributed by atoms with Gasteiger partial charge < -0.3 is 10.5 Å². The highest BCUT2D eigenvalue weighted by molar-refractivity contribution is 5.98. The molecular formula is C15H16N6O3. The number of hydrogen-bond donors (Lipinski definition) is 2. The van der Waals surface area contributed by atoms with Crippen molar-refractivity contribution in [1.82, 2.24) is 19.6 Å². The van der Waals surface area contributed by atoms with E-state index in [0.717, 1.165) is 5.39 Å². The Morgan fingerprint density at radius 3 is 2.96 bits per heavy atom. The second-order valence-electron chi connectivity index (χ2n) is 4.97. The molecule has 1 aromatic carbocycles. The quantitative estimate of drug-likeness (QED) is 0.704. The van der Waals surface area contributed by atoms with Crippen LogP contribution in [-0.4, -0.2) is 38.2 Å². The summed E-state index contributed by atoms with van der Waals surface area (Å²) in [7, 11) is 0. The topological polar surface area (TPSA) is 117 Å². The van der Waals surface area contributed by atoms with Crippen LogP contribution in [-0.2, 0) is 11.3 Å². The van der Waals surface area contributed by atoms with Gasteiger partial charge in [-0.3, -0.25) is 14.7 Å². The number of nitrogens with two attached hydrogens (primary N) is 1. The number of aromatic nitrogens is 4. The highest BCUT2D eigenvalue weighted by Crippen LogP contribution is 2.22. The zero-order valence-electron chi connectivity index (χ0n) is 13.0. The molecule has 0 saturated heterocycles. The van der Waals surface area contributed by atoms with E-state index in [4.69, 9.17) is 10.5 Å². The molecule has 0 saturated carbocycles. The van der Waals surface area contributed by atoms with Crippen LogP contribution in [0.2, 0.25) is 0 Å². The number of carbonyl (C=O) groups excluding carboxylic acids is 2. The van der Waals surface area contributed by atoms with Crippen molar-refractivity contribution in [2.45, 2.75) is 13.5 Å². The summed E-state index contributed by atoms with van der Waals surface area (Å²) in [6, 6.07) is 7.26. The van der Waals surface area contributed by atoms with Gasteiger partial charge in [0, 0.05) is 11.6 Å². The standard InChI is InChI=1S/C15H16N6O3/c1-2-24-15(23)18-12-8-17-21(19-12)9-13(22)20-7-6-10-4-3-5-11(16)14(10)20/h3-8H,2,9,16H2,1H3,(H,18,19,23). The van der Waals surface area contributed by atoms with E-state index in [-0.39, 0.29) is 24.9 Å². The number of hydrogen-bond acceptors (Lipinski definition) is 6. The maximum Gasteiger partial charge on any atom is 0.412 e. The molecule has 124 valence electrons. The minimum atomic E-state index is -0.625. The maximum absolute atomic E-state index is 12.5. The zero-order valence-corrected chi connectivity index (χ0v) is 13.0. The Balaban J connectivity index is 1.75. The first-order chi connectivity index (χ1) is 11.6. The Kier molecular flexibility index (Phi) is 4.15. The van der Waals surface area contributed by atoms with Crippen LogP contribution in [0.15, 0.2) is 36.7 Å². The number of anilines is 2. The number of benzene rings is 1. The Hall–Kier alpha value is -3.36. The third-order valence-corrected chi connectivity index (χ3v) is 3.33. The largest absolute Gasteiger partial charge is 0.450 e. The van der Waals surface area contributed by atoms with Gasteiger partial charge >= 0.3 is 6.09 Å². The number of fused-ring (bicyclic) bond motifs is 1. The van der Waals surface area contributed by atoms with Gasteiger partial charge in [-0.25, -0.2) is 4.79 Å². The molecule has 0 bridgehead atoms. The minimum Gasteiger partial charge on any atom is -0.450 e. The molecule has 0 fully saturated rings. The van der Waals surface area contributed by atoms with E-state index in [1.54, 1.807) is 19.2 Å². The molecule has 0 aliphatic rings. The normalized spacial score (nSPS) is 10.7. The fourth-order valence-corrected chi connectivity index (χ4v) is 2.33. The summed E-state index contributed by atoms with van der Waals surface area (Å²) in [6.45, 7) is 1.85. The van der Waals surface area contributed by atoms with Gasteiger partial charge in [0.2, 0.25) is 0 Å². The lowest BCUT2D eigenvalue weighted by Crippen LogP contribution is -2.19. The van der Waals surface area contributed by atoms with E-state index in [9.17, 15) is 9.59 Å². The molecule has 9 nitrogen and oxygen atoms in total. The van der Waals surface area contributed by atoms with Crippen LogP contribution in [0.1, 0.15) is 11.7 Å². The van der Waals surface area contributed by atoms with Gasteiger partial charge in [-0.1, -0.05) is 12.1 Å². The van der Waals surface area contributed by atoms with Crippen LogP contribution < -0.4 is 11.1 Å². The SMILES string of the molecule is CCOC(=O)Nc1cnn(CC(=O)n2ccc3cccc(N)c32)n1. The van der Waals surface area contributed by atoms with E-state index in [2.05, 4.69) is 15.5 Å². The van der Waals surface area contributed by atoms with Gasteiger partial charge in [0.15, 0.2) is 5.82 Å². The van der Waals surface area contributed by atoms with Gasteiger partial charge in [-0.2, -0.15) is 9.90 Å². The highest BCUT2D eigenvalue weighted by Gasteiger charge is 2.14. The molecule has 2 heterocycles. The second kappa shape index (κ2) is 6.41. The van der Waals surface area contributed by atoms with E-state index >= 15 is 0 Å². The minimum absolute atomic E-state index is 0.0946. The van der Waals surface area contributed by atoms with Crippen molar-refractivity contribution in [3.63, 3.8) is 0 Å². The number of para-hydroxylation sites is 1. The number of amides is 1. The van der Waals surface area contributed by atoms with Crippen LogP contribution in [0.5, 0.6) is 0 Å². The summed E-state index contributed by atoms with van der Waals surface area (Å²) in [4.78, 5) is 25.0. The summed E-state index contributed by atoms with van der Waals surface area (Å²) in [5.74, 6) is -0.0423. The summed E-state index contributed by atoms with van der Waals surface area (Å²) >= 11 is 0. The molecule has 0 aliphatic heterocycles. The van der Waals surface area contributed by atoms with Crippen LogP contribution in [0.3, 0.4) is 0 Å². The van der Waals surface area contributed by atoms with Gasteiger partial charge in [-0.05, 0) is 19.1 Å². The molecule has 24 heavy (non-hydrogen) atoms. The van der Waals surface area contributed by atoms with E-state index < -0.39 is 6.09 Å². The Labute approximate surface area is 137 Å². The first kappa shape index (κ1) is 15.5. The molecule has 0 radical (unpaired) electrons. The first-order valence-electron chi connectivity index (χ1n) is 7.31. The van der Waals surface area contributed by atoms with Crippen LogP contribution >= 0.6 is 0 Å². The lowest BCUT2D eigenvalue weighted by atomic mass is 10.2. The zero-order chi connectivity index (χ0) is 17.1. The average molecular weight is 328 g/mol. The summed E-state index contributed by atoms with van der Waals surface area (Å²) in [5, 5.41) is 11.3. The number of carbonyl (C=O) groups is 2. The Morgan fingerprint density at radius 1 is 1.33 bits per heavy atom. The number of nitrogens with one attached hydrogen (secondary N) is 1. The number of nitrogens with zero attached hydrogens (tertiary/aromatic N) is 4. The average Bonchev–Trinajstić information content (AvgIpc) is 3.15. The molecule has 0 atom stereocenters. The fourth-order valence-electron chi connectivity index (χ4n) is 2.33. The van der Waals surface area contributed by atoms with Crippen molar-refractivity contribution in [3.05, 3.63) is 36.7 Å². The molecule has 3 aromatic rings. The van der Waals surface area contributed by atoms with Crippen LogP contribution in [0.25, 0.3) is 10.9 Å². The first-order valence-corrected chi connectivity index (χ1v) is 7.31. The van der Waals surface area contributed by atoms with Crippen molar-refractivity contribution in [3.8, 4) is 0 Å². The van der Waals surface area contributed by atoms with E-state index in [0.29, 0.717) is 11.2 Å². The molecule has 0 aliphatic carbocycles. The second-order valence-corrected chi connectivity index (χ2v) is 4.97. The number of nitrogen functional groups attached to an aromatic ring is 1. The van der Waals surface area contributed by atoms with Crippen molar-refractivity contribution in [2.75, 3.05) is 17.7 Å². The lowest BCUT2D eigenvalue weighted by molar-refractivity contribution is 0.0886. The molecule has 0 unspecified atom stereocenters. The third-order valence-electron chi connectivity index (χ3n) is 3.33. The van der Waals surface area contributed by atoms with Crippen molar-refractivity contribution in [1.29, 1.82) is 0 Å². The molecule has 0 spiro atoms. The van der Waals surface area contributed by atoms with Crippen LogP contribution in [0, 0.1) is 0 Å². The van der Waals surface area contributed by atoms with Gasteiger partial charge in [-0.15, -0.1) is 5.10 Å². The highest BCUT2D eigenvalue weighted by atomic mass is 16.5. The molecule has 3 N–H and O–H groups in total. The van der Waals surface area contributed by atoms with Crippen molar-refractivity contribution >= 4 is 34.4 Å². The van der Waals surface area contributed by atoms with Gasteiger partial charge in [0.05, 0.1) is 24.0 Å². The van der Waals surface area contributed by atoms with E-state index in [1.165, 1.54) is 15.6 Å². The molecule has 2 aromatic heterocycles. The summed E-state index contributed by atoms with van der Waals surface area (Å²) < 4.78 is 6.21. The van der Waals surface area contributed by atoms with Gasteiger partial charge in [0.25, 0.3) is 5.91 Å². The molecule has 1 amide bonds. The summed E-state index contributed by atoms with van der Waals surface area (Å²) in [5.41, 5.74) is 7.12. The fraction of sp³-hybridized carbons (Fsp3) is 0.200. The molecule has 3 rings (SSSR count). The van der Waals surface area contributed by atoms with E-state index in [1.807, 2.05) is 18.2 Å².